The number of nitrogens with zero attached hydrogens (tertiary/aromatic N) is 1. The first-order chi connectivity index (χ1) is 7.01. The predicted molar refractivity (Wildman–Crippen MR) is 55.8 cm³/mol. The lowest BCUT2D eigenvalue weighted by atomic mass is 9.95. The topological polar surface area (TPSA) is 58.9 Å². The minimum Gasteiger partial charge on any atom is -0.504 e. The number of aromatic hydroxyl groups is 1. The van der Waals surface area contributed by atoms with Gasteiger partial charge in [-0.2, -0.15) is 4.99 Å². The second-order valence-corrected chi connectivity index (χ2v) is 3.65. The Morgan fingerprint density at radius 1 is 1.47 bits per heavy atom. The molecule has 1 aromatic rings. The standard InChI is InChI=1S/C11H13NO3/c1-11(2,12-7-13)8-4-5-10(15-3)9(14)6-8/h4-6,14H,1-3H3. The van der Waals surface area contributed by atoms with Crippen LogP contribution < -0.4 is 4.74 Å². The first-order valence-corrected chi connectivity index (χ1v) is 4.48. The zero-order valence-electron chi connectivity index (χ0n) is 8.94. The van der Waals surface area contributed by atoms with Crippen LogP contribution in [0, 0.1) is 0 Å². The lowest BCUT2D eigenvalue weighted by molar-refractivity contribution is 0.372. The van der Waals surface area contributed by atoms with E-state index in [0.717, 1.165) is 5.56 Å². The fraction of sp³-hybridized carbons (Fsp3) is 0.364. The van der Waals surface area contributed by atoms with Crippen molar-refractivity contribution in [3.8, 4) is 11.5 Å². The van der Waals surface area contributed by atoms with Gasteiger partial charge in [0.15, 0.2) is 11.5 Å². The summed E-state index contributed by atoms with van der Waals surface area (Å²) in [7, 11) is 1.48. The molecule has 0 bridgehead atoms. The van der Waals surface area contributed by atoms with Crippen molar-refractivity contribution in [1.82, 2.24) is 0 Å². The number of isocyanates is 1. The molecule has 4 heteroatoms. The van der Waals surface area contributed by atoms with Crippen LogP contribution in [-0.4, -0.2) is 18.3 Å². The first-order valence-electron chi connectivity index (χ1n) is 4.48. The van der Waals surface area contributed by atoms with Gasteiger partial charge in [-0.05, 0) is 31.5 Å². The summed E-state index contributed by atoms with van der Waals surface area (Å²) >= 11 is 0. The number of hydrogen-bond acceptors (Lipinski definition) is 4. The normalized spacial score (nSPS) is 10.6. The molecule has 1 N–H and O–H groups in total. The Morgan fingerprint density at radius 3 is 2.60 bits per heavy atom. The van der Waals surface area contributed by atoms with Crippen LogP contribution in [0.1, 0.15) is 19.4 Å². The highest BCUT2D eigenvalue weighted by molar-refractivity contribution is 5.45. The fourth-order valence-corrected chi connectivity index (χ4v) is 1.25. The van der Waals surface area contributed by atoms with Gasteiger partial charge >= 0.3 is 0 Å². The summed E-state index contributed by atoms with van der Waals surface area (Å²) in [6, 6.07) is 4.91. The largest absolute Gasteiger partial charge is 0.504 e. The Hall–Kier alpha value is -1.80. The van der Waals surface area contributed by atoms with E-state index >= 15 is 0 Å². The van der Waals surface area contributed by atoms with E-state index in [9.17, 15) is 9.90 Å². The van der Waals surface area contributed by atoms with Crippen molar-refractivity contribution < 1.29 is 14.6 Å². The van der Waals surface area contributed by atoms with Crippen molar-refractivity contribution in [2.75, 3.05) is 7.11 Å². The molecule has 4 nitrogen and oxygen atoms in total. The summed E-state index contributed by atoms with van der Waals surface area (Å²) in [4.78, 5) is 13.9. The number of carbonyl (C=O) groups excluding carboxylic acids is 1. The van der Waals surface area contributed by atoms with E-state index in [1.807, 2.05) is 0 Å². The zero-order chi connectivity index (χ0) is 11.5. The third-order valence-electron chi connectivity index (χ3n) is 2.21. The van der Waals surface area contributed by atoms with Crippen LogP contribution in [0.25, 0.3) is 0 Å². The molecule has 0 atom stereocenters. The minimum atomic E-state index is -0.689. The molecule has 0 fully saturated rings. The van der Waals surface area contributed by atoms with Gasteiger partial charge < -0.3 is 9.84 Å². The molecular weight excluding hydrogens is 194 g/mol. The average Bonchev–Trinajstić information content (AvgIpc) is 2.17. The van der Waals surface area contributed by atoms with Gasteiger partial charge in [-0.15, -0.1) is 0 Å². The predicted octanol–water partition coefficient (Wildman–Crippen LogP) is 1.97. The van der Waals surface area contributed by atoms with Crippen molar-refractivity contribution in [3.05, 3.63) is 23.8 Å². The SMILES string of the molecule is COc1ccc(C(C)(C)N=C=O)cc1O. The molecule has 0 unspecified atom stereocenters. The van der Waals surface area contributed by atoms with Gasteiger partial charge in [-0.1, -0.05) is 6.07 Å². The van der Waals surface area contributed by atoms with E-state index in [2.05, 4.69) is 4.99 Å². The fourth-order valence-electron chi connectivity index (χ4n) is 1.25. The number of hydrogen-bond donors (Lipinski definition) is 1. The van der Waals surface area contributed by atoms with Gasteiger partial charge in [0.2, 0.25) is 6.08 Å². The molecule has 0 aliphatic rings. The van der Waals surface area contributed by atoms with Gasteiger partial charge in [0.1, 0.15) is 0 Å². The number of rotatable bonds is 3. The van der Waals surface area contributed by atoms with Crippen molar-refractivity contribution in [1.29, 1.82) is 0 Å². The Kier molecular flexibility index (Phi) is 3.12. The molecule has 1 aromatic carbocycles. The molecule has 80 valence electrons. The summed E-state index contributed by atoms with van der Waals surface area (Å²) in [6.07, 6.45) is 1.52. The van der Waals surface area contributed by atoms with Crippen molar-refractivity contribution in [2.45, 2.75) is 19.4 Å². The van der Waals surface area contributed by atoms with Crippen molar-refractivity contribution >= 4 is 6.08 Å². The van der Waals surface area contributed by atoms with Crippen LogP contribution in [0.2, 0.25) is 0 Å². The van der Waals surface area contributed by atoms with Crippen LogP contribution >= 0.6 is 0 Å². The Morgan fingerprint density at radius 2 is 2.13 bits per heavy atom. The Labute approximate surface area is 88.2 Å². The molecule has 0 aliphatic carbocycles. The van der Waals surface area contributed by atoms with Gasteiger partial charge in [0, 0.05) is 0 Å². The number of phenols is 1. The van der Waals surface area contributed by atoms with E-state index in [1.54, 1.807) is 26.0 Å². The Balaban J connectivity index is 3.17. The van der Waals surface area contributed by atoms with Crippen molar-refractivity contribution in [2.24, 2.45) is 4.99 Å². The molecular formula is C11H13NO3. The maximum Gasteiger partial charge on any atom is 0.235 e. The molecule has 0 aliphatic heterocycles. The monoisotopic (exact) mass is 207 g/mol. The molecule has 0 spiro atoms. The molecule has 0 amide bonds. The molecule has 0 aromatic heterocycles. The van der Waals surface area contributed by atoms with Gasteiger partial charge in [0.25, 0.3) is 0 Å². The van der Waals surface area contributed by atoms with Gasteiger partial charge in [-0.3, -0.25) is 0 Å². The van der Waals surface area contributed by atoms with E-state index in [4.69, 9.17) is 4.74 Å². The van der Waals surface area contributed by atoms with E-state index in [1.165, 1.54) is 19.3 Å². The smallest absolute Gasteiger partial charge is 0.235 e. The maximum atomic E-state index is 10.2. The van der Waals surface area contributed by atoms with E-state index in [0.29, 0.717) is 5.75 Å². The molecule has 0 radical (unpaired) electrons. The van der Waals surface area contributed by atoms with Crippen LogP contribution in [0.15, 0.2) is 23.2 Å². The summed E-state index contributed by atoms with van der Waals surface area (Å²) in [6.45, 7) is 3.53. The first kappa shape index (κ1) is 11.3. The highest BCUT2D eigenvalue weighted by Crippen LogP contribution is 2.32. The lowest BCUT2D eigenvalue weighted by Gasteiger charge is -2.18. The highest BCUT2D eigenvalue weighted by Gasteiger charge is 2.20. The summed E-state index contributed by atoms with van der Waals surface area (Å²) < 4.78 is 4.91. The Bertz CT molecular complexity index is 406. The number of methoxy groups -OCH3 is 1. The number of phenolic OH excluding ortho intramolecular Hbond substituents is 1. The number of ether oxygens (including phenoxy) is 1. The molecule has 0 saturated heterocycles. The van der Waals surface area contributed by atoms with Gasteiger partial charge in [0.05, 0.1) is 12.6 Å². The van der Waals surface area contributed by atoms with Crippen LogP contribution in [0.4, 0.5) is 0 Å². The van der Waals surface area contributed by atoms with Gasteiger partial charge in [-0.25, -0.2) is 4.79 Å². The summed E-state index contributed by atoms with van der Waals surface area (Å²) in [5.74, 6) is 0.425. The maximum absolute atomic E-state index is 10.2. The third kappa shape index (κ3) is 2.36. The third-order valence-corrected chi connectivity index (χ3v) is 2.21. The number of aliphatic imine (C=N–C) groups is 1. The second kappa shape index (κ2) is 4.15. The summed E-state index contributed by atoms with van der Waals surface area (Å²) in [5.41, 5.74) is 0.0371. The van der Waals surface area contributed by atoms with E-state index in [-0.39, 0.29) is 5.75 Å². The van der Waals surface area contributed by atoms with Crippen LogP contribution in [0.3, 0.4) is 0 Å². The zero-order valence-corrected chi connectivity index (χ0v) is 8.94. The summed E-state index contributed by atoms with van der Waals surface area (Å²) in [5, 5.41) is 9.56. The lowest BCUT2D eigenvalue weighted by Crippen LogP contribution is -2.13. The molecule has 15 heavy (non-hydrogen) atoms. The van der Waals surface area contributed by atoms with E-state index < -0.39 is 5.54 Å². The molecule has 0 heterocycles. The quantitative estimate of drug-likeness (QED) is 0.609. The van der Waals surface area contributed by atoms with Crippen LogP contribution in [0.5, 0.6) is 11.5 Å². The minimum absolute atomic E-state index is 0.0316. The van der Waals surface area contributed by atoms with Crippen molar-refractivity contribution in [3.63, 3.8) is 0 Å². The molecule has 0 saturated carbocycles. The molecule has 1 rings (SSSR count). The number of benzene rings is 1. The average molecular weight is 207 g/mol. The second-order valence-electron chi connectivity index (χ2n) is 3.65. The van der Waals surface area contributed by atoms with Crippen LogP contribution in [-0.2, 0) is 10.3 Å². The highest BCUT2D eigenvalue weighted by atomic mass is 16.5.